The number of benzene rings is 1. The first-order chi connectivity index (χ1) is 12.2. The van der Waals surface area contributed by atoms with E-state index in [1.807, 2.05) is 24.3 Å². The zero-order valence-corrected chi connectivity index (χ0v) is 15.6. The summed E-state index contributed by atoms with van der Waals surface area (Å²) >= 11 is 0. The fourth-order valence-electron chi connectivity index (χ4n) is 2.80. The number of likely N-dealkylation sites (N-methyl/N-ethyl adjacent to an activating group) is 1. The molecule has 0 radical (unpaired) electrons. The third-order valence-electron chi connectivity index (χ3n) is 4.56. The summed E-state index contributed by atoms with van der Waals surface area (Å²) in [4.78, 5) is 38.8. The smallest absolute Gasteiger partial charge is 0.265 e. The van der Waals surface area contributed by atoms with Crippen LogP contribution in [0.2, 0.25) is 0 Å². The molecular formula is C19H26N4O3. The highest BCUT2D eigenvalue weighted by Crippen LogP contribution is 2.24. The highest BCUT2D eigenvalue weighted by molar-refractivity contribution is 6.38. The van der Waals surface area contributed by atoms with E-state index in [9.17, 15) is 14.4 Å². The Kier molecular flexibility index (Phi) is 6.13. The van der Waals surface area contributed by atoms with Crippen LogP contribution in [0.3, 0.4) is 0 Å². The number of fused-ring (bicyclic) bond motifs is 1. The average Bonchev–Trinajstić information content (AvgIpc) is 2.73. The van der Waals surface area contributed by atoms with Gasteiger partial charge in [0.25, 0.3) is 5.91 Å². The molecule has 2 atom stereocenters. The first-order valence-electron chi connectivity index (χ1n) is 8.74. The topological polar surface area (TPSA) is 102 Å². The second-order valence-corrected chi connectivity index (χ2v) is 6.91. The van der Waals surface area contributed by atoms with Crippen LogP contribution in [0, 0.1) is 11.3 Å². The van der Waals surface area contributed by atoms with E-state index in [1.54, 1.807) is 25.8 Å². The van der Waals surface area contributed by atoms with Crippen molar-refractivity contribution < 1.29 is 14.4 Å². The number of carbonyl (C=O) groups is 3. The van der Waals surface area contributed by atoms with Crippen LogP contribution in [0.1, 0.15) is 37.9 Å². The van der Waals surface area contributed by atoms with Crippen molar-refractivity contribution in [2.24, 2.45) is 5.92 Å². The summed E-state index contributed by atoms with van der Waals surface area (Å²) in [6.07, 6.45) is 0.725. The van der Waals surface area contributed by atoms with Gasteiger partial charge in [0.1, 0.15) is 12.1 Å². The van der Waals surface area contributed by atoms with Gasteiger partial charge in [0.15, 0.2) is 0 Å². The summed E-state index contributed by atoms with van der Waals surface area (Å²) in [5.74, 6) is -1.45. The van der Waals surface area contributed by atoms with Crippen LogP contribution in [0.25, 0.3) is 0 Å². The molecule has 1 aliphatic rings. The van der Waals surface area contributed by atoms with Crippen molar-refractivity contribution in [1.29, 1.82) is 5.41 Å². The molecule has 0 unspecified atom stereocenters. The van der Waals surface area contributed by atoms with Gasteiger partial charge < -0.3 is 15.5 Å². The SMILES string of the molecule is CC(C)C(=N)C(=O)N[C@@H](C)C(=O)N[C@H]1C(=O)N(C)CCc2ccccc21. The minimum atomic E-state index is -0.852. The van der Waals surface area contributed by atoms with Gasteiger partial charge in [-0.15, -0.1) is 0 Å². The van der Waals surface area contributed by atoms with Gasteiger partial charge in [-0.3, -0.25) is 19.8 Å². The molecule has 1 aliphatic heterocycles. The lowest BCUT2D eigenvalue weighted by atomic mass is 9.99. The van der Waals surface area contributed by atoms with E-state index in [2.05, 4.69) is 10.6 Å². The predicted octanol–water partition coefficient (Wildman–Crippen LogP) is 1.04. The first-order valence-corrected chi connectivity index (χ1v) is 8.74. The molecule has 0 spiro atoms. The van der Waals surface area contributed by atoms with Crippen LogP contribution in [-0.4, -0.2) is 48.0 Å². The van der Waals surface area contributed by atoms with Gasteiger partial charge in [-0.25, -0.2) is 0 Å². The molecular weight excluding hydrogens is 332 g/mol. The fourth-order valence-corrected chi connectivity index (χ4v) is 2.80. The number of nitrogens with one attached hydrogen (secondary N) is 3. The zero-order valence-electron chi connectivity index (χ0n) is 15.6. The van der Waals surface area contributed by atoms with Gasteiger partial charge in [-0.05, 0) is 24.5 Å². The van der Waals surface area contributed by atoms with Crippen molar-refractivity contribution in [2.45, 2.75) is 39.3 Å². The molecule has 3 N–H and O–H groups in total. The Morgan fingerprint density at radius 3 is 2.54 bits per heavy atom. The number of amides is 3. The molecule has 3 amide bonds. The van der Waals surface area contributed by atoms with E-state index in [0.29, 0.717) is 6.54 Å². The summed E-state index contributed by atoms with van der Waals surface area (Å²) in [7, 11) is 1.71. The average molecular weight is 358 g/mol. The lowest BCUT2D eigenvalue weighted by molar-refractivity contribution is -0.136. The molecule has 0 aliphatic carbocycles. The van der Waals surface area contributed by atoms with Gasteiger partial charge in [-0.2, -0.15) is 0 Å². The van der Waals surface area contributed by atoms with Gasteiger partial charge in [0, 0.05) is 19.5 Å². The van der Waals surface area contributed by atoms with E-state index < -0.39 is 23.9 Å². The highest BCUT2D eigenvalue weighted by Gasteiger charge is 2.31. The van der Waals surface area contributed by atoms with E-state index in [0.717, 1.165) is 17.5 Å². The van der Waals surface area contributed by atoms with Crippen molar-refractivity contribution in [3.05, 3.63) is 35.4 Å². The third kappa shape index (κ3) is 4.28. The molecule has 0 saturated carbocycles. The maximum Gasteiger partial charge on any atom is 0.265 e. The first kappa shape index (κ1) is 19.6. The summed E-state index contributed by atoms with van der Waals surface area (Å²) in [5.41, 5.74) is 1.72. The van der Waals surface area contributed by atoms with E-state index in [-0.39, 0.29) is 17.5 Å². The van der Waals surface area contributed by atoms with Gasteiger partial charge in [0.05, 0.1) is 5.71 Å². The molecule has 7 heteroatoms. The van der Waals surface area contributed by atoms with E-state index in [1.165, 1.54) is 6.92 Å². The zero-order chi connectivity index (χ0) is 19.4. The normalized spacial score (nSPS) is 18.0. The molecule has 0 saturated heterocycles. The summed E-state index contributed by atoms with van der Waals surface area (Å²) in [5, 5.41) is 13.0. The Morgan fingerprint density at radius 2 is 1.88 bits per heavy atom. The molecule has 1 aromatic carbocycles. The van der Waals surface area contributed by atoms with E-state index in [4.69, 9.17) is 5.41 Å². The third-order valence-corrected chi connectivity index (χ3v) is 4.56. The minimum absolute atomic E-state index is 0.0831. The molecule has 1 heterocycles. The number of carbonyl (C=O) groups excluding carboxylic acids is 3. The second kappa shape index (κ2) is 8.12. The molecule has 0 aromatic heterocycles. The molecule has 140 valence electrons. The van der Waals surface area contributed by atoms with E-state index >= 15 is 0 Å². The number of nitrogens with zero attached hydrogens (tertiary/aromatic N) is 1. The summed E-state index contributed by atoms with van der Waals surface area (Å²) < 4.78 is 0. The summed E-state index contributed by atoms with van der Waals surface area (Å²) in [6.45, 7) is 5.60. The Bertz CT molecular complexity index is 729. The number of hydrogen-bond acceptors (Lipinski definition) is 4. The van der Waals surface area contributed by atoms with Crippen molar-refractivity contribution in [3.63, 3.8) is 0 Å². The van der Waals surface area contributed by atoms with Gasteiger partial charge in [0.2, 0.25) is 11.8 Å². The minimum Gasteiger partial charge on any atom is -0.343 e. The van der Waals surface area contributed by atoms with Crippen LogP contribution in [0.4, 0.5) is 0 Å². The Morgan fingerprint density at radius 1 is 1.23 bits per heavy atom. The van der Waals surface area contributed by atoms with Gasteiger partial charge in [-0.1, -0.05) is 38.1 Å². The Labute approximate surface area is 153 Å². The maximum atomic E-state index is 12.7. The van der Waals surface area contributed by atoms with Crippen LogP contribution in [0.5, 0.6) is 0 Å². The van der Waals surface area contributed by atoms with Crippen LogP contribution in [-0.2, 0) is 20.8 Å². The molecule has 7 nitrogen and oxygen atoms in total. The second-order valence-electron chi connectivity index (χ2n) is 6.91. The van der Waals surface area contributed by atoms with Crippen molar-refractivity contribution in [2.75, 3.05) is 13.6 Å². The maximum absolute atomic E-state index is 12.7. The highest BCUT2D eigenvalue weighted by atomic mass is 16.2. The molecule has 1 aromatic rings. The molecule has 0 bridgehead atoms. The quantitative estimate of drug-likeness (QED) is 0.685. The van der Waals surface area contributed by atoms with Crippen molar-refractivity contribution >= 4 is 23.4 Å². The standard InChI is InChI=1S/C19H26N4O3/c1-11(2)15(20)18(25)21-12(3)17(24)22-16-14-8-6-5-7-13(14)9-10-23(4)19(16)26/h5-8,11-12,16,20H,9-10H2,1-4H3,(H,21,25)(H,22,24)/t12-,16+/m0/s1. The van der Waals surface area contributed by atoms with Crippen molar-refractivity contribution in [3.8, 4) is 0 Å². The van der Waals surface area contributed by atoms with Crippen LogP contribution in [0.15, 0.2) is 24.3 Å². The lowest BCUT2D eigenvalue weighted by Crippen LogP contribution is -2.50. The van der Waals surface area contributed by atoms with Gasteiger partial charge >= 0.3 is 0 Å². The fraction of sp³-hybridized carbons (Fsp3) is 0.474. The largest absolute Gasteiger partial charge is 0.343 e. The Hall–Kier alpha value is -2.70. The lowest BCUT2D eigenvalue weighted by Gasteiger charge is -2.24. The van der Waals surface area contributed by atoms with Crippen molar-refractivity contribution in [1.82, 2.24) is 15.5 Å². The molecule has 0 fully saturated rings. The number of hydrogen-bond donors (Lipinski definition) is 3. The summed E-state index contributed by atoms with van der Waals surface area (Å²) in [6, 6.07) is 5.91. The molecule has 2 rings (SSSR count). The molecule has 26 heavy (non-hydrogen) atoms. The van der Waals surface area contributed by atoms with Crippen LogP contribution >= 0.6 is 0 Å². The predicted molar refractivity (Wildman–Crippen MR) is 98.8 cm³/mol. The number of rotatable bonds is 5. The monoisotopic (exact) mass is 358 g/mol. The van der Waals surface area contributed by atoms with Crippen LogP contribution < -0.4 is 10.6 Å². The Balaban J connectivity index is 2.14.